The van der Waals surface area contributed by atoms with Gasteiger partial charge >= 0.3 is 0 Å². The van der Waals surface area contributed by atoms with Crippen LogP contribution in [0.25, 0.3) is 0 Å². The quantitative estimate of drug-likeness (QED) is 0.754. The van der Waals surface area contributed by atoms with E-state index < -0.39 is 0 Å². The molecule has 0 saturated heterocycles. The second-order valence-electron chi connectivity index (χ2n) is 4.86. The summed E-state index contributed by atoms with van der Waals surface area (Å²) in [6, 6.07) is 16.1. The number of benzene rings is 2. The second-order valence-corrected chi connectivity index (χ2v) is 4.86. The molecule has 0 radical (unpaired) electrons. The lowest BCUT2D eigenvalue weighted by molar-refractivity contribution is 0.246. The Morgan fingerprint density at radius 2 is 1.76 bits per heavy atom. The summed E-state index contributed by atoms with van der Waals surface area (Å²) in [5.41, 5.74) is 8.01. The molecule has 0 unspecified atom stereocenters. The minimum Gasteiger partial charge on any atom is -0.493 e. The van der Waals surface area contributed by atoms with Crippen molar-refractivity contribution >= 4 is 0 Å². The Hall–Kier alpha value is -2.00. The Morgan fingerprint density at radius 3 is 2.57 bits per heavy atom. The molecule has 0 aliphatic heterocycles. The van der Waals surface area contributed by atoms with Crippen LogP contribution in [0.1, 0.15) is 24.5 Å². The average molecular weight is 285 g/mol. The molecule has 112 valence electrons. The standard InChI is InChI=1S/C18H23NO2/c1-2-15-7-5-9-17(13-15)20-11-6-12-21-18-10-4-3-8-16(18)14-19/h3-5,7-10,13H,2,6,11-12,14,19H2,1H3. The number of rotatable bonds is 8. The van der Waals surface area contributed by atoms with Crippen LogP contribution in [0.4, 0.5) is 0 Å². The summed E-state index contributed by atoms with van der Waals surface area (Å²) in [6.07, 6.45) is 1.87. The molecule has 2 aromatic rings. The minimum absolute atomic E-state index is 0.497. The minimum atomic E-state index is 0.497. The van der Waals surface area contributed by atoms with Crippen LogP contribution in [-0.4, -0.2) is 13.2 Å². The SMILES string of the molecule is CCc1cccc(OCCCOc2ccccc2CN)c1. The molecule has 0 atom stereocenters. The molecule has 2 aromatic carbocycles. The Labute approximate surface area is 126 Å². The van der Waals surface area contributed by atoms with Crippen LogP contribution in [-0.2, 0) is 13.0 Å². The van der Waals surface area contributed by atoms with Gasteiger partial charge < -0.3 is 15.2 Å². The molecule has 0 saturated carbocycles. The topological polar surface area (TPSA) is 44.5 Å². The Balaban J connectivity index is 1.72. The van der Waals surface area contributed by atoms with Crippen molar-refractivity contribution in [2.75, 3.05) is 13.2 Å². The molecule has 2 rings (SSSR count). The molecule has 0 fully saturated rings. The highest BCUT2D eigenvalue weighted by Crippen LogP contribution is 2.17. The first-order valence-electron chi connectivity index (χ1n) is 7.46. The van der Waals surface area contributed by atoms with Crippen molar-refractivity contribution in [2.24, 2.45) is 5.73 Å². The summed E-state index contributed by atoms with van der Waals surface area (Å²) >= 11 is 0. The number of para-hydroxylation sites is 1. The van der Waals surface area contributed by atoms with Gasteiger partial charge in [0.1, 0.15) is 11.5 Å². The number of ether oxygens (including phenoxy) is 2. The van der Waals surface area contributed by atoms with Crippen LogP contribution in [0.5, 0.6) is 11.5 Å². The van der Waals surface area contributed by atoms with Crippen LogP contribution in [0, 0.1) is 0 Å². The normalized spacial score (nSPS) is 10.4. The van der Waals surface area contributed by atoms with E-state index in [-0.39, 0.29) is 0 Å². The van der Waals surface area contributed by atoms with Gasteiger partial charge in [0, 0.05) is 18.5 Å². The van der Waals surface area contributed by atoms with Gasteiger partial charge in [-0.25, -0.2) is 0 Å². The molecule has 0 heterocycles. The van der Waals surface area contributed by atoms with Crippen molar-refractivity contribution in [3.8, 4) is 11.5 Å². The second kappa shape index (κ2) is 8.32. The van der Waals surface area contributed by atoms with E-state index in [9.17, 15) is 0 Å². The fraction of sp³-hybridized carbons (Fsp3) is 0.333. The molecular weight excluding hydrogens is 262 g/mol. The molecule has 0 aliphatic carbocycles. The molecule has 0 amide bonds. The third-order valence-electron chi connectivity index (χ3n) is 3.31. The largest absolute Gasteiger partial charge is 0.493 e. The van der Waals surface area contributed by atoms with Gasteiger partial charge in [0.25, 0.3) is 0 Å². The third-order valence-corrected chi connectivity index (χ3v) is 3.31. The maximum Gasteiger partial charge on any atom is 0.123 e. The van der Waals surface area contributed by atoms with Crippen LogP contribution < -0.4 is 15.2 Å². The van der Waals surface area contributed by atoms with Crippen molar-refractivity contribution in [1.82, 2.24) is 0 Å². The predicted molar refractivity (Wildman–Crippen MR) is 85.8 cm³/mol. The van der Waals surface area contributed by atoms with Gasteiger partial charge in [-0.05, 0) is 30.2 Å². The van der Waals surface area contributed by atoms with Gasteiger partial charge in [0.05, 0.1) is 13.2 Å². The molecule has 0 aromatic heterocycles. The van der Waals surface area contributed by atoms with Crippen LogP contribution >= 0.6 is 0 Å². The van der Waals surface area contributed by atoms with Crippen molar-refractivity contribution < 1.29 is 9.47 Å². The zero-order valence-corrected chi connectivity index (χ0v) is 12.5. The van der Waals surface area contributed by atoms with Crippen LogP contribution in [0.15, 0.2) is 48.5 Å². The van der Waals surface area contributed by atoms with E-state index in [2.05, 4.69) is 19.1 Å². The van der Waals surface area contributed by atoms with Crippen molar-refractivity contribution in [3.05, 3.63) is 59.7 Å². The van der Waals surface area contributed by atoms with E-state index in [0.717, 1.165) is 29.9 Å². The number of hydrogen-bond donors (Lipinski definition) is 1. The van der Waals surface area contributed by atoms with Gasteiger partial charge in [0.15, 0.2) is 0 Å². The molecular formula is C18H23NO2. The predicted octanol–water partition coefficient (Wildman–Crippen LogP) is 3.56. The zero-order valence-electron chi connectivity index (χ0n) is 12.5. The van der Waals surface area contributed by atoms with E-state index >= 15 is 0 Å². The first-order valence-corrected chi connectivity index (χ1v) is 7.46. The van der Waals surface area contributed by atoms with Gasteiger partial charge in [0.2, 0.25) is 0 Å². The lowest BCUT2D eigenvalue weighted by Crippen LogP contribution is -2.07. The maximum absolute atomic E-state index is 5.75. The first-order chi connectivity index (χ1) is 10.3. The average Bonchev–Trinajstić information content (AvgIpc) is 2.55. The van der Waals surface area contributed by atoms with Gasteiger partial charge in [-0.2, -0.15) is 0 Å². The van der Waals surface area contributed by atoms with E-state index in [1.165, 1.54) is 5.56 Å². The highest BCUT2D eigenvalue weighted by atomic mass is 16.5. The van der Waals surface area contributed by atoms with Gasteiger partial charge in [-0.3, -0.25) is 0 Å². The van der Waals surface area contributed by atoms with E-state index in [0.29, 0.717) is 19.8 Å². The van der Waals surface area contributed by atoms with Crippen molar-refractivity contribution in [1.29, 1.82) is 0 Å². The lowest BCUT2D eigenvalue weighted by Gasteiger charge is -2.11. The smallest absolute Gasteiger partial charge is 0.123 e. The van der Waals surface area contributed by atoms with Crippen LogP contribution in [0.3, 0.4) is 0 Å². The number of hydrogen-bond acceptors (Lipinski definition) is 3. The Morgan fingerprint density at radius 1 is 0.952 bits per heavy atom. The van der Waals surface area contributed by atoms with Crippen LogP contribution in [0.2, 0.25) is 0 Å². The summed E-state index contributed by atoms with van der Waals surface area (Å²) in [4.78, 5) is 0. The maximum atomic E-state index is 5.75. The third kappa shape index (κ3) is 4.80. The monoisotopic (exact) mass is 285 g/mol. The molecule has 0 aliphatic rings. The van der Waals surface area contributed by atoms with Crippen molar-refractivity contribution in [3.63, 3.8) is 0 Å². The Bertz CT molecular complexity index is 554. The molecule has 21 heavy (non-hydrogen) atoms. The van der Waals surface area contributed by atoms with E-state index in [1.54, 1.807) is 0 Å². The first kappa shape index (κ1) is 15.4. The fourth-order valence-corrected chi connectivity index (χ4v) is 2.10. The summed E-state index contributed by atoms with van der Waals surface area (Å²) in [7, 11) is 0. The fourth-order valence-electron chi connectivity index (χ4n) is 2.10. The zero-order chi connectivity index (χ0) is 14.9. The summed E-state index contributed by atoms with van der Waals surface area (Å²) in [6.45, 7) is 3.92. The summed E-state index contributed by atoms with van der Waals surface area (Å²) < 4.78 is 11.5. The van der Waals surface area contributed by atoms with E-state index in [4.69, 9.17) is 15.2 Å². The highest BCUT2D eigenvalue weighted by molar-refractivity contribution is 5.33. The highest BCUT2D eigenvalue weighted by Gasteiger charge is 2.01. The Kier molecular flexibility index (Phi) is 6.10. The van der Waals surface area contributed by atoms with E-state index in [1.807, 2.05) is 36.4 Å². The van der Waals surface area contributed by atoms with Gasteiger partial charge in [-0.15, -0.1) is 0 Å². The van der Waals surface area contributed by atoms with Gasteiger partial charge in [-0.1, -0.05) is 37.3 Å². The van der Waals surface area contributed by atoms with Crippen molar-refractivity contribution in [2.45, 2.75) is 26.3 Å². The molecule has 3 nitrogen and oxygen atoms in total. The molecule has 3 heteroatoms. The summed E-state index contributed by atoms with van der Waals surface area (Å²) in [5.74, 6) is 1.80. The molecule has 0 bridgehead atoms. The number of nitrogens with two attached hydrogens (primary N) is 1. The molecule has 2 N–H and O–H groups in total. The molecule has 0 spiro atoms. The summed E-state index contributed by atoms with van der Waals surface area (Å²) in [5, 5.41) is 0. The lowest BCUT2D eigenvalue weighted by atomic mass is 10.2. The number of aryl methyl sites for hydroxylation is 1.